The molecule has 306 valence electrons. The molecule has 2 unspecified atom stereocenters. The lowest BCUT2D eigenvalue weighted by Gasteiger charge is -2.24. The van der Waals surface area contributed by atoms with Crippen LogP contribution in [0.25, 0.3) is 0 Å². The van der Waals surface area contributed by atoms with E-state index in [9.17, 15) is 19.0 Å². The molecule has 0 aliphatic carbocycles. The highest BCUT2D eigenvalue weighted by Gasteiger charge is 2.27. The summed E-state index contributed by atoms with van der Waals surface area (Å²) in [5.74, 6) is -0.812. The lowest BCUT2D eigenvalue weighted by atomic mass is 10.0. The summed E-state index contributed by atoms with van der Waals surface area (Å²) in [6.45, 7) is 4.31. The van der Waals surface area contributed by atoms with Crippen LogP contribution in [0.5, 0.6) is 0 Å². The topological polar surface area (TPSA) is 108 Å². The van der Waals surface area contributed by atoms with E-state index >= 15 is 0 Å². The van der Waals surface area contributed by atoms with Crippen molar-refractivity contribution >= 4 is 19.8 Å². The molecule has 0 aromatic heterocycles. The molecule has 0 aromatic carbocycles. The Morgan fingerprint density at radius 1 is 0.596 bits per heavy atom. The van der Waals surface area contributed by atoms with Gasteiger partial charge in [0.2, 0.25) is 0 Å². The van der Waals surface area contributed by atoms with Gasteiger partial charge >= 0.3 is 19.8 Å². The first kappa shape index (κ1) is 50.5. The SMILES string of the molecule is CCCCCCC/C=C\C/C=C\CCCCCCCCCCCCCC(=O)OC(COC(=O)CCCCCCC)COP(=O)(O)OCC[N+](C)(C)C. The van der Waals surface area contributed by atoms with E-state index in [1.54, 1.807) is 0 Å². The molecule has 0 rings (SSSR count). The van der Waals surface area contributed by atoms with E-state index in [1.807, 2.05) is 21.1 Å². The summed E-state index contributed by atoms with van der Waals surface area (Å²) in [6.07, 6.45) is 37.0. The summed E-state index contributed by atoms with van der Waals surface area (Å²) in [7, 11) is 1.48. The highest BCUT2D eigenvalue weighted by molar-refractivity contribution is 7.47. The summed E-state index contributed by atoms with van der Waals surface area (Å²) < 4.78 is 34.0. The van der Waals surface area contributed by atoms with Gasteiger partial charge in [-0.15, -0.1) is 0 Å². The van der Waals surface area contributed by atoms with Crippen molar-refractivity contribution in [3.63, 3.8) is 0 Å². The molecule has 2 atom stereocenters. The number of phosphoric acid groups is 1. The molecule has 0 fully saturated rings. The predicted octanol–water partition coefficient (Wildman–Crippen LogP) is 11.6. The number of hydrogen-bond donors (Lipinski definition) is 1. The van der Waals surface area contributed by atoms with Crippen molar-refractivity contribution < 1.29 is 42.1 Å². The Balaban J connectivity index is 4.11. The first-order chi connectivity index (χ1) is 25.0. The first-order valence-electron chi connectivity index (χ1n) is 21.1. The minimum Gasteiger partial charge on any atom is -0.462 e. The molecule has 0 spiro atoms. The Labute approximate surface area is 319 Å². The Kier molecular flexibility index (Phi) is 34.2. The van der Waals surface area contributed by atoms with E-state index in [2.05, 4.69) is 38.2 Å². The van der Waals surface area contributed by atoms with Gasteiger partial charge in [0.05, 0.1) is 27.7 Å². The third-order valence-corrected chi connectivity index (χ3v) is 9.97. The fourth-order valence-electron chi connectivity index (χ4n) is 5.63. The van der Waals surface area contributed by atoms with Gasteiger partial charge < -0.3 is 18.9 Å². The van der Waals surface area contributed by atoms with Crippen molar-refractivity contribution in [3.8, 4) is 0 Å². The number of rotatable bonds is 38. The largest absolute Gasteiger partial charge is 0.472 e. The highest BCUT2D eigenvalue weighted by atomic mass is 31.2. The average molecular weight is 759 g/mol. The van der Waals surface area contributed by atoms with Crippen LogP contribution in [-0.2, 0) is 32.7 Å². The van der Waals surface area contributed by atoms with Crippen LogP contribution < -0.4 is 0 Å². The number of nitrogens with zero attached hydrogens (tertiary/aromatic N) is 1. The number of unbranched alkanes of at least 4 members (excludes halogenated alkanes) is 20. The third-order valence-electron chi connectivity index (χ3n) is 8.98. The maximum Gasteiger partial charge on any atom is 0.472 e. The number of allylic oxidation sites excluding steroid dienone is 4. The molecule has 0 aliphatic rings. The standard InChI is InChI=1S/C42H80NO8P/c1-6-8-10-12-13-14-15-16-17-18-19-20-21-22-23-24-25-26-27-28-29-31-33-35-42(45)51-40(38-48-41(44)34-32-30-11-9-7-2)39-50-52(46,47)49-37-36-43(3,4)5/h15-16,18-19,40H,6-14,17,20-39H2,1-5H3/p+1/b16-15-,19-18-. The van der Waals surface area contributed by atoms with Crippen LogP contribution in [0.2, 0.25) is 0 Å². The van der Waals surface area contributed by atoms with E-state index < -0.39 is 26.5 Å². The van der Waals surface area contributed by atoms with E-state index in [0.717, 1.165) is 57.8 Å². The fourth-order valence-corrected chi connectivity index (χ4v) is 6.37. The van der Waals surface area contributed by atoms with Crippen LogP contribution in [0, 0.1) is 0 Å². The maximum atomic E-state index is 12.6. The van der Waals surface area contributed by atoms with Gasteiger partial charge in [-0.1, -0.05) is 147 Å². The summed E-state index contributed by atoms with van der Waals surface area (Å²) in [4.78, 5) is 35.0. The lowest BCUT2D eigenvalue weighted by Crippen LogP contribution is -2.37. The molecule has 0 heterocycles. The molecule has 0 amide bonds. The second-order valence-corrected chi connectivity index (χ2v) is 16.8. The molecule has 0 aliphatic heterocycles. The maximum absolute atomic E-state index is 12.6. The van der Waals surface area contributed by atoms with Crippen LogP contribution in [0.1, 0.15) is 181 Å². The van der Waals surface area contributed by atoms with Gasteiger partial charge in [-0.2, -0.15) is 0 Å². The molecular formula is C42H81NO8P+. The second-order valence-electron chi connectivity index (χ2n) is 15.4. The minimum atomic E-state index is -4.36. The van der Waals surface area contributed by atoms with Crippen LogP contribution in [-0.4, -0.2) is 74.9 Å². The lowest BCUT2D eigenvalue weighted by molar-refractivity contribution is -0.870. The number of carbonyl (C=O) groups excluding carboxylic acids is 2. The number of carbonyl (C=O) groups is 2. The van der Waals surface area contributed by atoms with Crippen LogP contribution in [0.3, 0.4) is 0 Å². The van der Waals surface area contributed by atoms with Gasteiger partial charge in [0.25, 0.3) is 0 Å². The van der Waals surface area contributed by atoms with Crippen molar-refractivity contribution in [2.24, 2.45) is 0 Å². The number of ether oxygens (including phenoxy) is 2. The van der Waals surface area contributed by atoms with Crippen molar-refractivity contribution in [3.05, 3.63) is 24.3 Å². The fraction of sp³-hybridized carbons (Fsp3) is 0.857. The van der Waals surface area contributed by atoms with Gasteiger partial charge in [0.1, 0.15) is 19.8 Å². The van der Waals surface area contributed by atoms with Gasteiger partial charge in [0.15, 0.2) is 6.10 Å². The predicted molar refractivity (Wildman–Crippen MR) is 215 cm³/mol. The molecule has 52 heavy (non-hydrogen) atoms. The number of phosphoric ester groups is 1. The van der Waals surface area contributed by atoms with E-state index in [1.165, 1.54) is 89.9 Å². The smallest absolute Gasteiger partial charge is 0.462 e. The summed E-state index contributed by atoms with van der Waals surface area (Å²) in [5, 5.41) is 0. The second kappa shape index (κ2) is 35.2. The number of quaternary nitrogens is 1. The van der Waals surface area contributed by atoms with Gasteiger partial charge in [-0.25, -0.2) is 4.57 Å². The Hall–Kier alpha value is -1.51. The van der Waals surface area contributed by atoms with E-state index in [0.29, 0.717) is 17.4 Å². The Morgan fingerprint density at radius 3 is 1.52 bits per heavy atom. The monoisotopic (exact) mass is 759 g/mol. The average Bonchev–Trinajstić information content (AvgIpc) is 3.09. The Morgan fingerprint density at radius 2 is 1.04 bits per heavy atom. The summed E-state index contributed by atoms with van der Waals surface area (Å²) in [6, 6.07) is 0. The zero-order chi connectivity index (χ0) is 38.6. The number of esters is 2. The molecule has 9 nitrogen and oxygen atoms in total. The van der Waals surface area contributed by atoms with Crippen LogP contribution in [0.4, 0.5) is 0 Å². The number of hydrogen-bond acceptors (Lipinski definition) is 7. The van der Waals surface area contributed by atoms with Gasteiger partial charge in [-0.05, 0) is 44.9 Å². The van der Waals surface area contributed by atoms with Crippen molar-refractivity contribution in [1.29, 1.82) is 0 Å². The molecule has 1 N–H and O–H groups in total. The Bertz CT molecular complexity index is 949. The van der Waals surface area contributed by atoms with E-state index in [4.69, 9.17) is 18.5 Å². The number of likely N-dealkylation sites (N-methyl/N-ethyl adjacent to an activating group) is 1. The zero-order valence-electron chi connectivity index (χ0n) is 34.3. The normalized spacial score (nSPS) is 13.9. The van der Waals surface area contributed by atoms with Crippen LogP contribution in [0.15, 0.2) is 24.3 Å². The van der Waals surface area contributed by atoms with Gasteiger partial charge in [0, 0.05) is 12.8 Å². The molecular weight excluding hydrogens is 677 g/mol. The zero-order valence-corrected chi connectivity index (χ0v) is 35.2. The quantitative estimate of drug-likeness (QED) is 0.0218. The molecule has 0 saturated heterocycles. The summed E-state index contributed by atoms with van der Waals surface area (Å²) in [5.41, 5.74) is 0. The molecule has 0 saturated carbocycles. The minimum absolute atomic E-state index is 0.0325. The molecule has 10 heteroatoms. The van der Waals surface area contributed by atoms with Crippen molar-refractivity contribution in [2.45, 2.75) is 187 Å². The van der Waals surface area contributed by atoms with Crippen molar-refractivity contribution in [1.82, 2.24) is 0 Å². The highest BCUT2D eigenvalue weighted by Crippen LogP contribution is 2.43. The van der Waals surface area contributed by atoms with E-state index in [-0.39, 0.29) is 32.0 Å². The first-order valence-corrected chi connectivity index (χ1v) is 22.6. The third kappa shape index (κ3) is 38.2. The van der Waals surface area contributed by atoms with Gasteiger partial charge in [-0.3, -0.25) is 18.6 Å². The molecule has 0 radical (unpaired) electrons. The molecule has 0 aromatic rings. The van der Waals surface area contributed by atoms with Crippen LogP contribution >= 0.6 is 7.82 Å². The summed E-state index contributed by atoms with van der Waals surface area (Å²) >= 11 is 0. The molecule has 0 bridgehead atoms. The van der Waals surface area contributed by atoms with Crippen molar-refractivity contribution in [2.75, 3.05) is 47.5 Å².